The second kappa shape index (κ2) is 5.23. The molecule has 3 unspecified atom stereocenters. The Bertz CT molecular complexity index is 418. The fraction of sp³-hybridized carbons (Fsp3) is 0.714. The van der Waals surface area contributed by atoms with Crippen molar-refractivity contribution in [3.05, 3.63) is 20.8 Å². The van der Waals surface area contributed by atoms with Gasteiger partial charge in [-0.2, -0.15) is 0 Å². The molecule has 100 valence electrons. The lowest BCUT2D eigenvalue weighted by molar-refractivity contribution is -0.142. The van der Waals surface area contributed by atoms with Crippen molar-refractivity contribution < 1.29 is 4.74 Å². The minimum absolute atomic E-state index is 0.0943. The zero-order chi connectivity index (χ0) is 12.6. The lowest BCUT2D eigenvalue weighted by Crippen LogP contribution is -2.52. The molecule has 1 aliphatic carbocycles. The van der Waals surface area contributed by atoms with Crippen molar-refractivity contribution in [3.63, 3.8) is 0 Å². The third-order valence-electron chi connectivity index (χ3n) is 4.12. The van der Waals surface area contributed by atoms with Gasteiger partial charge < -0.3 is 10.1 Å². The van der Waals surface area contributed by atoms with Crippen LogP contribution in [0.1, 0.15) is 43.6 Å². The maximum absolute atomic E-state index is 6.51. The zero-order valence-electron chi connectivity index (χ0n) is 10.7. The first-order valence-electron chi connectivity index (χ1n) is 6.79. The van der Waals surface area contributed by atoms with E-state index in [1.165, 1.54) is 35.0 Å². The first-order valence-corrected chi connectivity index (χ1v) is 8.47. The van der Waals surface area contributed by atoms with Crippen LogP contribution in [0.4, 0.5) is 0 Å². The second-order valence-electron chi connectivity index (χ2n) is 5.79. The van der Waals surface area contributed by atoms with Crippen LogP contribution in [0.3, 0.4) is 0 Å². The summed E-state index contributed by atoms with van der Waals surface area (Å²) in [5, 5.41) is 5.73. The van der Waals surface area contributed by atoms with Crippen LogP contribution in [0, 0.1) is 5.92 Å². The van der Waals surface area contributed by atoms with E-state index in [9.17, 15) is 0 Å². The van der Waals surface area contributed by atoms with Crippen molar-refractivity contribution in [1.82, 2.24) is 5.32 Å². The van der Waals surface area contributed by atoms with Gasteiger partial charge >= 0.3 is 0 Å². The molecule has 4 heteroatoms. The van der Waals surface area contributed by atoms with Crippen LogP contribution in [0.2, 0.25) is 0 Å². The summed E-state index contributed by atoms with van der Waals surface area (Å²) in [6.07, 6.45) is 5.33. The van der Waals surface area contributed by atoms with E-state index in [4.69, 9.17) is 4.74 Å². The summed E-state index contributed by atoms with van der Waals surface area (Å²) in [4.78, 5) is 1.34. The minimum Gasteiger partial charge on any atom is -0.364 e. The van der Waals surface area contributed by atoms with Gasteiger partial charge in [0.25, 0.3) is 0 Å². The van der Waals surface area contributed by atoms with Crippen molar-refractivity contribution in [2.75, 3.05) is 13.1 Å². The van der Waals surface area contributed by atoms with E-state index in [0.717, 1.165) is 19.0 Å². The molecular formula is C14H20BrNOS. The van der Waals surface area contributed by atoms with Gasteiger partial charge in [0.05, 0.1) is 5.60 Å². The number of thiophene rings is 1. The van der Waals surface area contributed by atoms with E-state index in [-0.39, 0.29) is 11.7 Å². The molecule has 3 atom stereocenters. The third kappa shape index (κ3) is 2.67. The van der Waals surface area contributed by atoms with E-state index < -0.39 is 0 Å². The molecule has 2 heterocycles. The Morgan fingerprint density at radius 1 is 1.56 bits per heavy atom. The summed E-state index contributed by atoms with van der Waals surface area (Å²) in [5.74, 6) is 0.800. The van der Waals surface area contributed by atoms with E-state index in [1.54, 1.807) is 11.3 Å². The topological polar surface area (TPSA) is 21.3 Å². The molecule has 1 aliphatic heterocycles. The van der Waals surface area contributed by atoms with Gasteiger partial charge in [0, 0.05) is 27.8 Å². The molecule has 0 aromatic carbocycles. The van der Waals surface area contributed by atoms with Crippen LogP contribution in [0.5, 0.6) is 0 Å². The summed E-state index contributed by atoms with van der Waals surface area (Å²) in [7, 11) is 0. The van der Waals surface area contributed by atoms with Gasteiger partial charge in [-0.15, -0.1) is 11.3 Å². The van der Waals surface area contributed by atoms with Crippen LogP contribution in [-0.4, -0.2) is 18.7 Å². The van der Waals surface area contributed by atoms with Crippen molar-refractivity contribution in [1.29, 1.82) is 0 Å². The van der Waals surface area contributed by atoms with Crippen LogP contribution >= 0.6 is 27.3 Å². The number of hydrogen-bond donors (Lipinski definition) is 1. The van der Waals surface area contributed by atoms with Gasteiger partial charge in [-0.25, -0.2) is 0 Å². The minimum atomic E-state index is 0.0943. The SMILES string of the molecule is CC1CCCC2(CNCC(c3cc(Br)cs3)O2)C1. The Kier molecular flexibility index (Phi) is 3.81. The van der Waals surface area contributed by atoms with Crippen molar-refractivity contribution >= 4 is 27.3 Å². The molecule has 1 aromatic rings. The monoisotopic (exact) mass is 329 g/mol. The third-order valence-corrected chi connectivity index (χ3v) is 5.91. The normalized spacial score (nSPS) is 37.0. The highest BCUT2D eigenvalue weighted by Gasteiger charge is 2.40. The van der Waals surface area contributed by atoms with Gasteiger partial charge in [-0.05, 0) is 40.8 Å². The predicted octanol–water partition coefficient (Wildman–Crippen LogP) is 4.12. The lowest BCUT2D eigenvalue weighted by Gasteiger charge is -2.45. The van der Waals surface area contributed by atoms with Crippen LogP contribution in [-0.2, 0) is 4.74 Å². The molecule has 1 spiro atoms. The Hall–Kier alpha value is 0.1000. The van der Waals surface area contributed by atoms with Gasteiger partial charge in [-0.1, -0.05) is 19.8 Å². The zero-order valence-corrected chi connectivity index (χ0v) is 13.1. The van der Waals surface area contributed by atoms with E-state index >= 15 is 0 Å². The summed E-state index contributed by atoms with van der Waals surface area (Å²) in [5.41, 5.74) is 0.0943. The number of halogens is 1. The Labute approximate surface area is 121 Å². The number of rotatable bonds is 1. The fourth-order valence-corrected chi connectivity index (χ4v) is 4.82. The van der Waals surface area contributed by atoms with Gasteiger partial charge in [0.15, 0.2) is 0 Å². The maximum atomic E-state index is 6.51. The van der Waals surface area contributed by atoms with Crippen molar-refractivity contribution in [2.24, 2.45) is 5.92 Å². The molecule has 2 fully saturated rings. The number of morpholine rings is 1. The van der Waals surface area contributed by atoms with Gasteiger partial charge in [-0.3, -0.25) is 0 Å². The largest absolute Gasteiger partial charge is 0.364 e. The van der Waals surface area contributed by atoms with Crippen molar-refractivity contribution in [3.8, 4) is 0 Å². The first-order chi connectivity index (χ1) is 8.67. The number of hydrogen-bond acceptors (Lipinski definition) is 3. The van der Waals surface area contributed by atoms with Crippen molar-refractivity contribution in [2.45, 2.75) is 44.3 Å². The molecule has 0 amide bonds. The molecule has 0 bridgehead atoms. The van der Waals surface area contributed by atoms with Gasteiger partial charge in [0.1, 0.15) is 6.10 Å². The molecule has 1 saturated heterocycles. The van der Waals surface area contributed by atoms with Gasteiger partial charge in [0.2, 0.25) is 0 Å². The molecule has 1 N–H and O–H groups in total. The second-order valence-corrected chi connectivity index (χ2v) is 7.65. The standard InChI is InChI=1S/C14H20BrNOS/c1-10-3-2-4-14(6-10)9-16-7-12(17-14)13-5-11(15)8-18-13/h5,8,10,12,16H,2-4,6-7,9H2,1H3. The molecule has 18 heavy (non-hydrogen) atoms. The highest BCUT2D eigenvalue weighted by molar-refractivity contribution is 9.10. The molecule has 2 aliphatic rings. The van der Waals surface area contributed by atoms with Crippen LogP contribution in [0.25, 0.3) is 0 Å². The maximum Gasteiger partial charge on any atom is 0.105 e. The van der Waals surface area contributed by atoms with Crippen LogP contribution < -0.4 is 5.32 Å². The van der Waals surface area contributed by atoms with E-state index in [2.05, 4.69) is 39.6 Å². The molecule has 0 radical (unpaired) electrons. The number of ether oxygens (including phenoxy) is 1. The summed E-state index contributed by atoms with van der Waals surface area (Å²) >= 11 is 5.32. The Morgan fingerprint density at radius 3 is 3.17 bits per heavy atom. The average Bonchev–Trinajstić information content (AvgIpc) is 2.76. The summed E-state index contributed by atoms with van der Waals surface area (Å²) < 4.78 is 7.68. The molecule has 3 rings (SSSR count). The average molecular weight is 330 g/mol. The smallest absolute Gasteiger partial charge is 0.105 e. The summed E-state index contributed by atoms with van der Waals surface area (Å²) in [6.45, 7) is 4.33. The quantitative estimate of drug-likeness (QED) is 0.836. The molecule has 2 nitrogen and oxygen atoms in total. The highest BCUT2D eigenvalue weighted by atomic mass is 79.9. The summed E-state index contributed by atoms with van der Waals surface area (Å²) in [6, 6.07) is 2.20. The molecule has 1 aromatic heterocycles. The Morgan fingerprint density at radius 2 is 2.44 bits per heavy atom. The first kappa shape index (κ1) is 13.1. The number of nitrogens with one attached hydrogen (secondary N) is 1. The fourth-order valence-electron chi connectivity index (χ4n) is 3.35. The van der Waals surface area contributed by atoms with E-state index in [0.29, 0.717) is 0 Å². The predicted molar refractivity (Wildman–Crippen MR) is 79.1 cm³/mol. The molecule has 1 saturated carbocycles. The Balaban J connectivity index is 1.75. The highest BCUT2D eigenvalue weighted by Crippen LogP contribution is 2.41. The van der Waals surface area contributed by atoms with E-state index in [1.807, 2.05) is 0 Å². The lowest BCUT2D eigenvalue weighted by atomic mass is 9.78. The van der Waals surface area contributed by atoms with Crippen LogP contribution in [0.15, 0.2) is 15.9 Å². The molecular weight excluding hydrogens is 310 g/mol.